The van der Waals surface area contributed by atoms with Gasteiger partial charge in [-0.2, -0.15) is 4.31 Å². The molecule has 1 fully saturated rings. The van der Waals surface area contributed by atoms with E-state index in [-0.39, 0.29) is 35.5 Å². The maximum absolute atomic E-state index is 13.0. The van der Waals surface area contributed by atoms with Gasteiger partial charge >= 0.3 is 0 Å². The minimum atomic E-state index is -3.66. The molecular weight excluding hydrogens is 421 g/mol. The molecule has 3 rings (SSSR count). The van der Waals surface area contributed by atoms with Gasteiger partial charge in [0.05, 0.1) is 10.9 Å². The molecule has 166 valence electrons. The van der Waals surface area contributed by atoms with Crippen molar-refractivity contribution >= 4 is 21.7 Å². The van der Waals surface area contributed by atoms with Gasteiger partial charge in [0, 0.05) is 38.3 Å². The molecule has 0 unspecified atom stereocenters. The van der Waals surface area contributed by atoms with Crippen LogP contribution in [0.5, 0.6) is 0 Å². The van der Waals surface area contributed by atoms with Gasteiger partial charge in [0.2, 0.25) is 15.9 Å². The van der Waals surface area contributed by atoms with Crippen molar-refractivity contribution in [3.05, 3.63) is 65.5 Å². The largest absolute Gasteiger partial charge is 0.351 e. The summed E-state index contributed by atoms with van der Waals surface area (Å²) in [6, 6.07) is 11.4. The van der Waals surface area contributed by atoms with Crippen molar-refractivity contribution in [1.29, 1.82) is 0 Å². The maximum Gasteiger partial charge on any atom is 0.243 e. The van der Waals surface area contributed by atoms with Crippen LogP contribution in [0.4, 0.5) is 4.39 Å². The maximum atomic E-state index is 13.0. The second-order valence-corrected chi connectivity index (χ2v) is 9.48. The van der Waals surface area contributed by atoms with E-state index in [2.05, 4.69) is 5.32 Å². The molecular formula is C22H26FN3O4S. The van der Waals surface area contributed by atoms with Crippen molar-refractivity contribution in [2.75, 3.05) is 26.2 Å². The summed E-state index contributed by atoms with van der Waals surface area (Å²) in [6.07, 6.45) is 0. The van der Waals surface area contributed by atoms with E-state index in [0.717, 1.165) is 5.56 Å². The first-order valence-electron chi connectivity index (χ1n) is 10.1. The SMILES string of the molecule is CC(=O)c1ccc(S(=O)(=O)N2CCN([C@@H](C)C(=O)NCc3ccc(F)cc3)CC2)cc1. The summed E-state index contributed by atoms with van der Waals surface area (Å²) in [7, 11) is -3.66. The number of ketones is 1. The van der Waals surface area contributed by atoms with Crippen LogP contribution in [0.1, 0.15) is 29.8 Å². The third kappa shape index (κ3) is 5.55. The van der Waals surface area contributed by atoms with Crippen molar-refractivity contribution in [2.45, 2.75) is 31.3 Å². The highest BCUT2D eigenvalue weighted by atomic mass is 32.2. The third-order valence-corrected chi connectivity index (χ3v) is 7.39. The number of sulfonamides is 1. The topological polar surface area (TPSA) is 86.8 Å². The van der Waals surface area contributed by atoms with Gasteiger partial charge < -0.3 is 5.32 Å². The van der Waals surface area contributed by atoms with Gasteiger partial charge in [-0.05, 0) is 43.7 Å². The van der Waals surface area contributed by atoms with E-state index in [1.54, 1.807) is 19.1 Å². The Morgan fingerprint density at radius 3 is 2.13 bits per heavy atom. The number of nitrogens with one attached hydrogen (secondary N) is 1. The zero-order valence-electron chi connectivity index (χ0n) is 17.5. The summed E-state index contributed by atoms with van der Waals surface area (Å²) in [5.41, 5.74) is 1.26. The standard InChI is InChI=1S/C22H26FN3O4S/c1-16(22(28)24-15-18-3-7-20(23)8-4-18)25-11-13-26(14-12-25)31(29,30)21-9-5-19(6-10-21)17(2)27/h3-10,16H,11-15H2,1-2H3,(H,24,28)/t16-/m0/s1. The van der Waals surface area contributed by atoms with E-state index >= 15 is 0 Å². The van der Waals surface area contributed by atoms with Crippen LogP contribution in [0.3, 0.4) is 0 Å². The molecule has 0 spiro atoms. The molecule has 1 aliphatic heterocycles. The van der Waals surface area contributed by atoms with Crippen molar-refractivity contribution in [3.63, 3.8) is 0 Å². The smallest absolute Gasteiger partial charge is 0.243 e. The first-order valence-corrected chi connectivity index (χ1v) is 11.5. The second-order valence-electron chi connectivity index (χ2n) is 7.54. The number of carbonyl (C=O) groups excluding carboxylic acids is 2. The molecule has 1 N–H and O–H groups in total. The van der Waals surface area contributed by atoms with Crippen molar-refractivity contribution < 1.29 is 22.4 Å². The molecule has 1 amide bonds. The van der Waals surface area contributed by atoms with Gasteiger partial charge in [-0.1, -0.05) is 24.3 Å². The van der Waals surface area contributed by atoms with Gasteiger partial charge in [0.15, 0.2) is 5.78 Å². The molecule has 1 heterocycles. The zero-order valence-corrected chi connectivity index (χ0v) is 18.4. The Hall–Kier alpha value is -2.62. The van der Waals surface area contributed by atoms with E-state index in [9.17, 15) is 22.4 Å². The van der Waals surface area contributed by atoms with Crippen LogP contribution in [-0.2, 0) is 21.4 Å². The molecule has 2 aromatic carbocycles. The average molecular weight is 448 g/mol. The second kappa shape index (κ2) is 9.67. The molecule has 31 heavy (non-hydrogen) atoms. The Balaban J connectivity index is 1.54. The Morgan fingerprint density at radius 1 is 1.00 bits per heavy atom. The molecule has 1 aliphatic rings. The van der Waals surface area contributed by atoms with Crippen LogP contribution in [0.2, 0.25) is 0 Å². The fourth-order valence-corrected chi connectivity index (χ4v) is 4.87. The minimum absolute atomic E-state index is 0.121. The van der Waals surface area contributed by atoms with Gasteiger partial charge in [0.1, 0.15) is 5.82 Å². The number of nitrogens with zero attached hydrogens (tertiary/aromatic N) is 2. The molecule has 0 bridgehead atoms. The summed E-state index contributed by atoms with van der Waals surface area (Å²) in [5, 5.41) is 2.83. The van der Waals surface area contributed by atoms with Crippen LogP contribution < -0.4 is 5.32 Å². The lowest BCUT2D eigenvalue weighted by Crippen LogP contribution is -2.54. The van der Waals surface area contributed by atoms with Crippen molar-refractivity contribution in [1.82, 2.24) is 14.5 Å². The van der Waals surface area contributed by atoms with Crippen LogP contribution in [0.15, 0.2) is 53.4 Å². The van der Waals surface area contributed by atoms with Gasteiger partial charge in [0.25, 0.3) is 0 Å². The number of carbonyl (C=O) groups is 2. The Bertz CT molecular complexity index is 1030. The lowest BCUT2D eigenvalue weighted by atomic mass is 10.2. The quantitative estimate of drug-likeness (QED) is 0.657. The van der Waals surface area contributed by atoms with E-state index < -0.39 is 16.1 Å². The van der Waals surface area contributed by atoms with Crippen LogP contribution in [0, 0.1) is 5.82 Å². The van der Waals surface area contributed by atoms with Crippen LogP contribution in [0.25, 0.3) is 0 Å². The van der Waals surface area contributed by atoms with E-state index in [1.165, 1.54) is 47.6 Å². The first-order chi connectivity index (χ1) is 14.7. The molecule has 1 atom stereocenters. The normalized spacial score (nSPS) is 16.6. The minimum Gasteiger partial charge on any atom is -0.351 e. The molecule has 1 saturated heterocycles. The lowest BCUT2D eigenvalue weighted by molar-refractivity contribution is -0.126. The molecule has 0 aromatic heterocycles. The highest BCUT2D eigenvalue weighted by Crippen LogP contribution is 2.19. The Labute approximate surface area is 181 Å². The zero-order chi connectivity index (χ0) is 22.6. The van der Waals surface area contributed by atoms with Gasteiger partial charge in [-0.15, -0.1) is 0 Å². The number of amides is 1. The van der Waals surface area contributed by atoms with Crippen molar-refractivity contribution in [3.8, 4) is 0 Å². The average Bonchev–Trinajstić information content (AvgIpc) is 2.78. The van der Waals surface area contributed by atoms with Crippen molar-refractivity contribution in [2.24, 2.45) is 0 Å². The molecule has 0 aliphatic carbocycles. The molecule has 9 heteroatoms. The Morgan fingerprint density at radius 2 is 1.58 bits per heavy atom. The number of hydrogen-bond donors (Lipinski definition) is 1. The highest BCUT2D eigenvalue weighted by Gasteiger charge is 2.31. The molecule has 0 saturated carbocycles. The fraction of sp³-hybridized carbons (Fsp3) is 0.364. The van der Waals surface area contributed by atoms with E-state index in [4.69, 9.17) is 0 Å². The van der Waals surface area contributed by atoms with Gasteiger partial charge in [-0.25, -0.2) is 12.8 Å². The van der Waals surface area contributed by atoms with E-state index in [1.807, 2.05) is 4.90 Å². The van der Waals surface area contributed by atoms with E-state index in [0.29, 0.717) is 25.2 Å². The number of hydrogen-bond acceptors (Lipinski definition) is 5. The number of Topliss-reactive ketones (excluding diaryl/α,β-unsaturated/α-hetero) is 1. The molecule has 0 radical (unpaired) electrons. The predicted molar refractivity (Wildman–Crippen MR) is 114 cm³/mol. The number of benzene rings is 2. The monoisotopic (exact) mass is 447 g/mol. The highest BCUT2D eigenvalue weighted by molar-refractivity contribution is 7.89. The van der Waals surface area contributed by atoms with Gasteiger partial charge in [-0.3, -0.25) is 14.5 Å². The molecule has 7 nitrogen and oxygen atoms in total. The fourth-order valence-electron chi connectivity index (χ4n) is 3.45. The van der Waals surface area contributed by atoms with Crippen LogP contribution >= 0.6 is 0 Å². The first kappa shape index (κ1) is 23.1. The van der Waals surface area contributed by atoms with Crippen LogP contribution in [-0.4, -0.2) is 61.5 Å². The number of piperazine rings is 1. The molecule has 2 aromatic rings. The number of rotatable bonds is 7. The Kier molecular flexibility index (Phi) is 7.19. The lowest BCUT2D eigenvalue weighted by Gasteiger charge is -2.36. The summed E-state index contributed by atoms with van der Waals surface area (Å²) in [5.74, 6) is -0.615. The predicted octanol–water partition coefficient (Wildman–Crippen LogP) is 2.04. The number of halogens is 1. The summed E-state index contributed by atoms with van der Waals surface area (Å²) in [4.78, 5) is 26.0. The summed E-state index contributed by atoms with van der Waals surface area (Å²) < 4.78 is 40.1. The third-order valence-electron chi connectivity index (χ3n) is 5.48. The summed E-state index contributed by atoms with van der Waals surface area (Å²) in [6.45, 7) is 4.91. The summed E-state index contributed by atoms with van der Waals surface area (Å²) >= 11 is 0.